The summed E-state index contributed by atoms with van der Waals surface area (Å²) in [7, 11) is 0. The van der Waals surface area contributed by atoms with Crippen LogP contribution in [0.3, 0.4) is 0 Å². The maximum absolute atomic E-state index is 11.9. The lowest BCUT2D eigenvalue weighted by Crippen LogP contribution is -2.37. The first kappa shape index (κ1) is 13.7. The lowest BCUT2D eigenvalue weighted by Gasteiger charge is -2.20. The highest BCUT2D eigenvalue weighted by atomic mass is 16.5. The second kappa shape index (κ2) is 5.52. The van der Waals surface area contributed by atoms with Crippen molar-refractivity contribution in [1.29, 1.82) is 0 Å². The zero-order valence-corrected chi connectivity index (χ0v) is 10.3. The number of aromatic nitrogens is 2. The second-order valence-electron chi connectivity index (χ2n) is 4.43. The predicted molar refractivity (Wildman–Crippen MR) is 66.8 cm³/mol. The van der Waals surface area contributed by atoms with E-state index in [0.29, 0.717) is 12.1 Å². The lowest BCUT2D eigenvalue weighted by molar-refractivity contribution is -0.0542. The average Bonchev–Trinajstić information content (AvgIpc) is 2.70. The first-order valence-corrected chi connectivity index (χ1v) is 5.96. The topological polar surface area (TPSA) is 105 Å². The molecule has 1 aliphatic heterocycles. The third-order valence-electron chi connectivity index (χ3n) is 3.03. The highest BCUT2D eigenvalue weighted by Gasteiger charge is 2.36. The highest BCUT2D eigenvalue weighted by molar-refractivity contribution is 5.07. The van der Waals surface area contributed by atoms with E-state index in [0.717, 1.165) is 0 Å². The van der Waals surface area contributed by atoms with E-state index >= 15 is 0 Å². The van der Waals surface area contributed by atoms with Crippen LogP contribution >= 0.6 is 0 Å². The quantitative estimate of drug-likeness (QED) is 0.602. The summed E-state index contributed by atoms with van der Waals surface area (Å²) in [4.78, 5) is 25.3. The van der Waals surface area contributed by atoms with Crippen molar-refractivity contribution < 1.29 is 14.9 Å². The van der Waals surface area contributed by atoms with Crippen molar-refractivity contribution in [3.63, 3.8) is 0 Å². The van der Waals surface area contributed by atoms with Gasteiger partial charge in [0.15, 0.2) is 6.23 Å². The number of aliphatic hydroxyl groups excluding tert-OH is 2. The zero-order valence-electron chi connectivity index (χ0n) is 10.3. The van der Waals surface area contributed by atoms with Gasteiger partial charge in [-0.05, 0) is 0 Å². The number of hydrogen-bond donors (Lipinski definition) is 3. The number of aliphatic hydroxyl groups is 2. The van der Waals surface area contributed by atoms with Crippen molar-refractivity contribution in [2.24, 2.45) is 0 Å². The minimum atomic E-state index is -0.913. The van der Waals surface area contributed by atoms with Gasteiger partial charge in [-0.1, -0.05) is 6.08 Å². The van der Waals surface area contributed by atoms with Crippen LogP contribution in [0.1, 0.15) is 18.3 Å². The summed E-state index contributed by atoms with van der Waals surface area (Å²) in [6.07, 6.45) is -0.248. The minimum absolute atomic E-state index is 0.234. The third-order valence-corrected chi connectivity index (χ3v) is 3.03. The summed E-state index contributed by atoms with van der Waals surface area (Å²) in [6.45, 7) is 3.33. The van der Waals surface area contributed by atoms with E-state index in [1.165, 1.54) is 10.6 Å². The van der Waals surface area contributed by atoms with Gasteiger partial charge in [-0.3, -0.25) is 14.3 Å². The smallest absolute Gasteiger partial charge is 0.330 e. The van der Waals surface area contributed by atoms with Crippen molar-refractivity contribution >= 4 is 0 Å². The van der Waals surface area contributed by atoms with E-state index in [9.17, 15) is 14.7 Å². The van der Waals surface area contributed by atoms with Crippen LogP contribution < -0.4 is 11.2 Å². The molecule has 1 aromatic heterocycles. The van der Waals surface area contributed by atoms with Gasteiger partial charge in [0.2, 0.25) is 0 Å². The molecule has 1 aliphatic rings. The molecule has 19 heavy (non-hydrogen) atoms. The van der Waals surface area contributed by atoms with Crippen LogP contribution in [0.25, 0.3) is 0 Å². The van der Waals surface area contributed by atoms with E-state index in [1.54, 1.807) is 6.08 Å². The van der Waals surface area contributed by atoms with Crippen LogP contribution in [0.15, 0.2) is 28.3 Å². The fraction of sp³-hybridized carbons (Fsp3) is 0.500. The summed E-state index contributed by atoms with van der Waals surface area (Å²) in [6, 6.07) is 1.27. The van der Waals surface area contributed by atoms with Gasteiger partial charge in [0.25, 0.3) is 5.56 Å². The number of aromatic amines is 1. The van der Waals surface area contributed by atoms with Crippen LogP contribution in [0.2, 0.25) is 0 Å². The Morgan fingerprint density at radius 3 is 2.89 bits per heavy atom. The SMILES string of the molecule is C=CCc1cc(=O)[nH]c(=O)n1[C@H]1O[C@@H](CO)CC1O. The Balaban J connectivity index is 2.46. The molecule has 0 spiro atoms. The molecular formula is C12H16N2O5. The van der Waals surface area contributed by atoms with Gasteiger partial charge in [-0.2, -0.15) is 0 Å². The van der Waals surface area contributed by atoms with Crippen molar-refractivity contribution in [3.05, 3.63) is 45.3 Å². The van der Waals surface area contributed by atoms with Crippen molar-refractivity contribution in [1.82, 2.24) is 9.55 Å². The summed E-state index contributed by atoms with van der Waals surface area (Å²) in [5.74, 6) is 0. The normalized spacial score (nSPS) is 26.5. The maximum atomic E-state index is 11.9. The predicted octanol–water partition coefficient (Wildman–Crippen LogP) is -1.09. The van der Waals surface area contributed by atoms with Crippen LogP contribution in [0.5, 0.6) is 0 Å². The van der Waals surface area contributed by atoms with Gasteiger partial charge < -0.3 is 14.9 Å². The van der Waals surface area contributed by atoms with E-state index in [2.05, 4.69) is 11.6 Å². The third kappa shape index (κ3) is 2.67. The molecule has 7 nitrogen and oxygen atoms in total. The van der Waals surface area contributed by atoms with E-state index in [1.807, 2.05) is 0 Å². The number of nitrogens with one attached hydrogen (secondary N) is 1. The largest absolute Gasteiger partial charge is 0.394 e. The first-order chi connectivity index (χ1) is 9.06. The molecule has 0 radical (unpaired) electrons. The Kier molecular flexibility index (Phi) is 3.98. The Morgan fingerprint density at radius 2 is 2.32 bits per heavy atom. The summed E-state index contributed by atoms with van der Waals surface area (Å²) < 4.78 is 6.62. The van der Waals surface area contributed by atoms with Crippen LogP contribution in [0.4, 0.5) is 0 Å². The number of rotatable bonds is 4. The fourth-order valence-corrected chi connectivity index (χ4v) is 2.22. The molecule has 1 saturated heterocycles. The molecule has 2 rings (SSSR count). The minimum Gasteiger partial charge on any atom is -0.394 e. The molecular weight excluding hydrogens is 252 g/mol. The summed E-state index contributed by atoms with van der Waals surface area (Å²) in [5, 5.41) is 19.0. The Labute approximate surface area is 108 Å². The average molecular weight is 268 g/mol. The molecule has 0 aromatic carbocycles. The van der Waals surface area contributed by atoms with Crippen LogP contribution in [0, 0.1) is 0 Å². The van der Waals surface area contributed by atoms with Crippen LogP contribution in [-0.2, 0) is 11.2 Å². The van der Waals surface area contributed by atoms with Gasteiger partial charge >= 0.3 is 5.69 Å². The number of hydrogen-bond acceptors (Lipinski definition) is 5. The first-order valence-electron chi connectivity index (χ1n) is 5.96. The molecule has 1 fully saturated rings. The molecule has 1 aromatic rings. The maximum Gasteiger partial charge on any atom is 0.330 e. The molecule has 2 heterocycles. The van der Waals surface area contributed by atoms with E-state index in [4.69, 9.17) is 9.84 Å². The lowest BCUT2D eigenvalue weighted by atomic mass is 10.2. The molecule has 0 aliphatic carbocycles. The standard InChI is InChI=1S/C12H16N2O5/c1-2-3-7-4-10(17)13-12(18)14(7)11-9(16)5-8(6-15)19-11/h2,4,8-9,11,15-16H,1,3,5-6H2,(H,13,17,18)/t8-,9?,11+/m1/s1. The zero-order chi connectivity index (χ0) is 14.0. The Bertz CT molecular complexity index is 576. The molecule has 7 heteroatoms. The monoisotopic (exact) mass is 268 g/mol. The number of nitrogens with zero attached hydrogens (tertiary/aromatic N) is 1. The molecule has 104 valence electrons. The Morgan fingerprint density at radius 1 is 1.58 bits per heavy atom. The second-order valence-corrected chi connectivity index (χ2v) is 4.43. The summed E-state index contributed by atoms with van der Waals surface area (Å²) >= 11 is 0. The van der Waals surface area contributed by atoms with E-state index in [-0.39, 0.29) is 13.0 Å². The highest BCUT2D eigenvalue weighted by Crippen LogP contribution is 2.28. The van der Waals surface area contributed by atoms with Gasteiger partial charge in [-0.15, -0.1) is 6.58 Å². The number of ether oxygens (including phenoxy) is 1. The van der Waals surface area contributed by atoms with Crippen molar-refractivity contribution in [3.8, 4) is 0 Å². The molecule has 0 saturated carbocycles. The molecule has 3 atom stereocenters. The van der Waals surface area contributed by atoms with Crippen molar-refractivity contribution in [2.45, 2.75) is 31.3 Å². The van der Waals surface area contributed by atoms with Crippen LogP contribution in [-0.4, -0.2) is 38.6 Å². The summed E-state index contributed by atoms with van der Waals surface area (Å²) in [5.41, 5.74) is -0.748. The molecule has 1 unspecified atom stereocenters. The van der Waals surface area contributed by atoms with Gasteiger partial charge in [0.1, 0.15) is 6.10 Å². The fourth-order valence-electron chi connectivity index (χ4n) is 2.22. The van der Waals surface area contributed by atoms with Gasteiger partial charge in [-0.25, -0.2) is 4.79 Å². The van der Waals surface area contributed by atoms with Crippen molar-refractivity contribution in [2.75, 3.05) is 6.61 Å². The molecule has 0 bridgehead atoms. The van der Waals surface area contributed by atoms with Gasteiger partial charge in [0, 0.05) is 24.6 Å². The number of H-pyrrole nitrogens is 1. The van der Waals surface area contributed by atoms with Gasteiger partial charge in [0.05, 0.1) is 12.7 Å². The molecule has 0 amide bonds. The number of allylic oxidation sites excluding steroid dienone is 1. The van der Waals surface area contributed by atoms with E-state index < -0.39 is 29.7 Å². The molecule has 3 N–H and O–H groups in total. The Hall–Kier alpha value is -1.70.